The molecule has 0 spiro atoms. The van der Waals surface area contributed by atoms with E-state index in [2.05, 4.69) is 4.98 Å². The van der Waals surface area contributed by atoms with Crippen LogP contribution in [0.4, 0.5) is 4.39 Å². The summed E-state index contributed by atoms with van der Waals surface area (Å²) in [7, 11) is 1.61. The Bertz CT molecular complexity index is 1620. The first kappa shape index (κ1) is 25.9. The van der Waals surface area contributed by atoms with Gasteiger partial charge in [0, 0.05) is 35.5 Å². The Morgan fingerprint density at radius 2 is 1.88 bits per heavy atom. The Morgan fingerprint density at radius 3 is 2.65 bits per heavy atom. The van der Waals surface area contributed by atoms with Gasteiger partial charge in [-0.25, -0.2) is 4.39 Å². The number of hydrogen-bond acceptors (Lipinski definition) is 4. The quantitative estimate of drug-likeness (QED) is 0.358. The van der Waals surface area contributed by atoms with Crippen molar-refractivity contribution in [1.82, 2.24) is 14.8 Å². The molecule has 1 aromatic heterocycles. The van der Waals surface area contributed by atoms with E-state index in [1.165, 1.54) is 12.1 Å². The van der Waals surface area contributed by atoms with Crippen LogP contribution in [0.5, 0.6) is 11.5 Å². The SMILES string of the molecule is CCOc1c(OC)cccc1C1CN2C(=O)CN(CCc3cccc(F)c3)C(=O)C2(C)c2[nH]c3ccccc3c21. The second-order valence-electron chi connectivity index (χ2n) is 10.5. The maximum atomic E-state index is 14.3. The first-order valence-electron chi connectivity index (χ1n) is 13.6. The number of ether oxygens (including phenoxy) is 2. The highest BCUT2D eigenvalue weighted by molar-refractivity contribution is 6.01. The fourth-order valence-corrected chi connectivity index (χ4v) is 6.36. The van der Waals surface area contributed by atoms with Crippen LogP contribution in [-0.2, 0) is 21.5 Å². The second-order valence-corrected chi connectivity index (χ2v) is 10.5. The summed E-state index contributed by atoms with van der Waals surface area (Å²) in [6.07, 6.45) is 0.455. The van der Waals surface area contributed by atoms with Gasteiger partial charge in [0.2, 0.25) is 5.91 Å². The van der Waals surface area contributed by atoms with Gasteiger partial charge in [-0.1, -0.05) is 42.5 Å². The predicted octanol–water partition coefficient (Wildman–Crippen LogP) is 4.99. The molecule has 0 bridgehead atoms. The van der Waals surface area contributed by atoms with E-state index < -0.39 is 5.54 Å². The average Bonchev–Trinajstić information content (AvgIpc) is 3.36. The Morgan fingerprint density at radius 1 is 1.07 bits per heavy atom. The molecule has 206 valence electrons. The van der Waals surface area contributed by atoms with E-state index in [4.69, 9.17) is 9.47 Å². The van der Waals surface area contributed by atoms with E-state index in [0.29, 0.717) is 43.3 Å². The minimum Gasteiger partial charge on any atom is -0.493 e. The third-order valence-electron chi connectivity index (χ3n) is 8.27. The van der Waals surface area contributed by atoms with Gasteiger partial charge in [0.05, 0.1) is 26.0 Å². The Kier molecular flexibility index (Phi) is 6.49. The summed E-state index contributed by atoms with van der Waals surface area (Å²) in [6, 6.07) is 20.1. The van der Waals surface area contributed by atoms with Gasteiger partial charge in [0.15, 0.2) is 17.0 Å². The molecule has 1 fully saturated rings. The highest BCUT2D eigenvalue weighted by Crippen LogP contribution is 2.50. The molecule has 1 saturated heterocycles. The van der Waals surface area contributed by atoms with Crippen LogP contribution in [0.25, 0.3) is 10.9 Å². The molecule has 4 aromatic rings. The minimum absolute atomic E-state index is 0.0253. The first-order valence-corrected chi connectivity index (χ1v) is 13.6. The maximum Gasteiger partial charge on any atom is 0.254 e. The van der Waals surface area contributed by atoms with Crippen molar-refractivity contribution < 1.29 is 23.5 Å². The summed E-state index contributed by atoms with van der Waals surface area (Å²) in [5.41, 5.74) is 3.07. The average molecular weight is 542 g/mol. The lowest BCUT2D eigenvalue weighted by Gasteiger charge is -2.51. The molecular weight excluding hydrogens is 509 g/mol. The summed E-state index contributed by atoms with van der Waals surface area (Å²) in [4.78, 5) is 34.9. The van der Waals surface area contributed by atoms with Crippen LogP contribution in [-0.4, -0.2) is 59.9 Å². The Hall–Kier alpha value is -4.33. The topological polar surface area (TPSA) is 74.9 Å². The van der Waals surface area contributed by atoms with Crippen LogP contribution >= 0.6 is 0 Å². The zero-order chi connectivity index (χ0) is 28.0. The molecule has 0 saturated carbocycles. The lowest BCUT2D eigenvalue weighted by molar-refractivity contribution is -0.166. The van der Waals surface area contributed by atoms with Crippen molar-refractivity contribution in [2.24, 2.45) is 0 Å². The number of fused-ring (bicyclic) bond motifs is 5. The molecule has 2 atom stereocenters. The van der Waals surface area contributed by atoms with Gasteiger partial charge < -0.3 is 24.3 Å². The summed E-state index contributed by atoms with van der Waals surface area (Å²) in [5.74, 6) is 0.429. The van der Waals surface area contributed by atoms with Gasteiger partial charge in [0.25, 0.3) is 5.91 Å². The number of benzene rings is 3. The fraction of sp³-hybridized carbons (Fsp3) is 0.312. The van der Waals surface area contributed by atoms with Crippen molar-refractivity contribution in [3.63, 3.8) is 0 Å². The largest absolute Gasteiger partial charge is 0.493 e. The number of carbonyl (C=O) groups excluding carboxylic acids is 2. The molecule has 7 nitrogen and oxygen atoms in total. The molecule has 1 N–H and O–H groups in total. The summed E-state index contributed by atoms with van der Waals surface area (Å²) in [6.45, 7) is 4.84. The van der Waals surface area contributed by atoms with Crippen molar-refractivity contribution >= 4 is 22.7 Å². The highest BCUT2D eigenvalue weighted by Gasteiger charge is 2.56. The van der Waals surface area contributed by atoms with Gasteiger partial charge in [-0.15, -0.1) is 0 Å². The van der Waals surface area contributed by atoms with Crippen LogP contribution in [0.2, 0.25) is 0 Å². The minimum atomic E-state index is -1.22. The standard InChI is InChI=1S/C32H32FN3O4/c1-4-40-29-22(12-8-14-26(29)39-3)24-18-36-27(37)19-35(16-15-20-9-7-10-21(33)17-20)31(38)32(36,2)30-28(24)23-11-5-6-13-25(23)34-30/h5-14,17,24,34H,4,15-16,18-19H2,1-3H3. The Labute approximate surface area is 232 Å². The summed E-state index contributed by atoms with van der Waals surface area (Å²) >= 11 is 0. The normalized spacial score (nSPS) is 20.4. The van der Waals surface area contributed by atoms with E-state index >= 15 is 0 Å². The number of aromatic nitrogens is 1. The number of amides is 2. The van der Waals surface area contributed by atoms with E-state index in [-0.39, 0.29) is 30.1 Å². The number of nitrogens with zero attached hydrogens (tertiary/aromatic N) is 2. The molecule has 2 aliphatic rings. The number of para-hydroxylation sites is 2. The van der Waals surface area contributed by atoms with Crippen LogP contribution in [0, 0.1) is 5.82 Å². The van der Waals surface area contributed by atoms with E-state index in [1.54, 1.807) is 23.0 Å². The zero-order valence-corrected chi connectivity index (χ0v) is 22.9. The Balaban J connectivity index is 1.47. The van der Waals surface area contributed by atoms with Crippen LogP contribution < -0.4 is 9.47 Å². The maximum absolute atomic E-state index is 14.3. The molecular formula is C32H32FN3O4. The lowest BCUT2D eigenvalue weighted by atomic mass is 9.76. The molecule has 2 aliphatic heterocycles. The van der Waals surface area contributed by atoms with Crippen molar-refractivity contribution in [3.05, 3.63) is 94.9 Å². The van der Waals surface area contributed by atoms with Gasteiger partial charge >= 0.3 is 0 Å². The number of hydrogen-bond donors (Lipinski definition) is 1. The van der Waals surface area contributed by atoms with E-state index in [0.717, 1.165) is 27.6 Å². The van der Waals surface area contributed by atoms with Crippen molar-refractivity contribution in [2.75, 3.05) is 33.4 Å². The zero-order valence-electron chi connectivity index (χ0n) is 22.9. The summed E-state index contributed by atoms with van der Waals surface area (Å²) < 4.78 is 25.5. The van der Waals surface area contributed by atoms with Crippen LogP contribution in [0.1, 0.15) is 42.1 Å². The summed E-state index contributed by atoms with van der Waals surface area (Å²) in [5, 5.41) is 1.01. The number of aromatic amines is 1. The van der Waals surface area contributed by atoms with E-state index in [1.807, 2.05) is 62.4 Å². The van der Waals surface area contributed by atoms with Gasteiger partial charge in [-0.3, -0.25) is 9.59 Å². The highest BCUT2D eigenvalue weighted by atomic mass is 19.1. The molecule has 40 heavy (non-hydrogen) atoms. The van der Waals surface area contributed by atoms with Crippen LogP contribution in [0.3, 0.4) is 0 Å². The number of halogens is 1. The molecule has 2 unspecified atom stereocenters. The molecule has 3 heterocycles. The number of methoxy groups -OCH3 is 1. The second kappa shape index (κ2) is 10.0. The molecule has 0 aliphatic carbocycles. The van der Waals surface area contributed by atoms with Crippen LogP contribution in [0.15, 0.2) is 66.7 Å². The molecule has 8 heteroatoms. The lowest BCUT2D eigenvalue weighted by Crippen LogP contribution is -2.67. The smallest absolute Gasteiger partial charge is 0.254 e. The third-order valence-corrected chi connectivity index (χ3v) is 8.27. The monoisotopic (exact) mass is 541 g/mol. The van der Waals surface area contributed by atoms with Crippen molar-refractivity contribution in [3.8, 4) is 11.5 Å². The molecule has 0 radical (unpaired) electrons. The van der Waals surface area contributed by atoms with Crippen molar-refractivity contribution in [1.29, 1.82) is 0 Å². The van der Waals surface area contributed by atoms with Gasteiger partial charge in [-0.2, -0.15) is 0 Å². The predicted molar refractivity (Wildman–Crippen MR) is 150 cm³/mol. The molecule has 2 amide bonds. The number of rotatable bonds is 7. The number of nitrogens with one attached hydrogen (secondary N) is 1. The molecule has 3 aromatic carbocycles. The third kappa shape index (κ3) is 4.01. The van der Waals surface area contributed by atoms with Crippen molar-refractivity contribution in [2.45, 2.75) is 31.7 Å². The number of piperazine rings is 1. The van der Waals surface area contributed by atoms with E-state index in [9.17, 15) is 14.0 Å². The van der Waals surface area contributed by atoms with Gasteiger partial charge in [-0.05, 0) is 55.7 Å². The first-order chi connectivity index (χ1) is 19.4. The fourth-order valence-electron chi connectivity index (χ4n) is 6.36. The molecule has 6 rings (SSSR count). The number of carbonyl (C=O) groups is 2. The number of H-pyrrole nitrogens is 1. The van der Waals surface area contributed by atoms with Gasteiger partial charge in [0.1, 0.15) is 5.82 Å².